The third kappa shape index (κ3) is 3.09. The molecule has 0 saturated heterocycles. The molecule has 1 aromatic heterocycles. The molecule has 1 aromatic carbocycles. The van der Waals surface area contributed by atoms with Crippen molar-refractivity contribution in [1.29, 1.82) is 0 Å². The number of halogens is 1. The molecule has 6 heteroatoms. The fourth-order valence-electron chi connectivity index (χ4n) is 1.60. The largest absolute Gasteiger partial charge is 0.477 e. The molecule has 0 radical (unpaired) electrons. The normalized spacial score (nSPS) is 10.6. The van der Waals surface area contributed by atoms with Gasteiger partial charge in [0.05, 0.1) is 5.69 Å². The van der Waals surface area contributed by atoms with Crippen molar-refractivity contribution in [2.75, 3.05) is 5.32 Å². The predicted molar refractivity (Wildman–Crippen MR) is 72.8 cm³/mol. The van der Waals surface area contributed by atoms with E-state index in [0.29, 0.717) is 5.82 Å². The summed E-state index contributed by atoms with van der Waals surface area (Å²) in [5.74, 6) is -0.967. The van der Waals surface area contributed by atoms with E-state index >= 15 is 0 Å². The number of anilines is 2. The molecular weight excluding hydrogens is 261 g/mol. The zero-order valence-electron chi connectivity index (χ0n) is 11.1. The molecule has 0 aliphatic heterocycles. The minimum atomic E-state index is -1.15. The number of carbonyl (C=O) groups is 1. The van der Waals surface area contributed by atoms with Crippen LogP contribution in [0.4, 0.5) is 15.9 Å². The lowest BCUT2D eigenvalue weighted by Gasteiger charge is -2.10. The van der Waals surface area contributed by atoms with Gasteiger partial charge in [-0.3, -0.25) is 0 Å². The summed E-state index contributed by atoms with van der Waals surface area (Å²) in [4.78, 5) is 19.2. The van der Waals surface area contributed by atoms with Gasteiger partial charge in [0.2, 0.25) is 0 Å². The number of hydrogen-bond donors (Lipinski definition) is 2. The van der Waals surface area contributed by atoms with Crippen molar-refractivity contribution < 1.29 is 14.3 Å². The number of nitrogens with one attached hydrogen (secondary N) is 1. The van der Waals surface area contributed by atoms with Gasteiger partial charge in [-0.05, 0) is 12.1 Å². The van der Waals surface area contributed by atoms with Crippen LogP contribution in [0.15, 0.2) is 30.3 Å². The van der Waals surface area contributed by atoms with Crippen molar-refractivity contribution in [3.8, 4) is 0 Å². The number of nitrogens with zero attached hydrogens (tertiary/aromatic N) is 2. The SMILES string of the molecule is CC(C)c1nc(Nc2ccccc2F)cc(C(=O)O)n1. The number of hydrogen-bond acceptors (Lipinski definition) is 4. The van der Waals surface area contributed by atoms with E-state index < -0.39 is 11.8 Å². The van der Waals surface area contributed by atoms with Gasteiger partial charge >= 0.3 is 5.97 Å². The van der Waals surface area contributed by atoms with Crippen LogP contribution in [-0.4, -0.2) is 21.0 Å². The molecule has 0 fully saturated rings. The summed E-state index contributed by atoms with van der Waals surface area (Å²) in [5, 5.41) is 11.8. The fourth-order valence-corrected chi connectivity index (χ4v) is 1.60. The first kappa shape index (κ1) is 13.9. The van der Waals surface area contributed by atoms with Crippen LogP contribution >= 0.6 is 0 Å². The van der Waals surface area contributed by atoms with Crippen LogP contribution in [0.5, 0.6) is 0 Å². The summed E-state index contributed by atoms with van der Waals surface area (Å²) in [6, 6.07) is 7.38. The molecule has 0 spiro atoms. The molecular formula is C14H14FN3O2. The minimum absolute atomic E-state index is 0.0320. The molecule has 0 aliphatic carbocycles. The topological polar surface area (TPSA) is 75.1 Å². The molecule has 0 amide bonds. The predicted octanol–water partition coefficient (Wildman–Crippen LogP) is 3.18. The Morgan fingerprint density at radius 2 is 2.00 bits per heavy atom. The zero-order valence-corrected chi connectivity index (χ0v) is 11.1. The summed E-state index contributed by atoms with van der Waals surface area (Å²) in [5.41, 5.74) is 0.111. The van der Waals surface area contributed by atoms with Crippen molar-refractivity contribution in [1.82, 2.24) is 9.97 Å². The van der Waals surface area contributed by atoms with Gasteiger partial charge in [-0.25, -0.2) is 19.2 Å². The summed E-state index contributed by atoms with van der Waals surface area (Å²) < 4.78 is 13.6. The Kier molecular flexibility index (Phi) is 3.93. The Labute approximate surface area is 115 Å². The van der Waals surface area contributed by atoms with Crippen LogP contribution in [0, 0.1) is 5.82 Å². The van der Waals surface area contributed by atoms with Crippen LogP contribution in [0.2, 0.25) is 0 Å². The van der Waals surface area contributed by atoms with Crippen molar-refractivity contribution in [3.63, 3.8) is 0 Å². The molecule has 104 valence electrons. The molecule has 0 bridgehead atoms. The number of carboxylic acids is 1. The molecule has 2 aromatic rings. The average Bonchev–Trinajstić information content (AvgIpc) is 2.41. The Balaban J connectivity index is 2.41. The van der Waals surface area contributed by atoms with Gasteiger partial charge < -0.3 is 10.4 Å². The van der Waals surface area contributed by atoms with E-state index in [-0.39, 0.29) is 23.1 Å². The van der Waals surface area contributed by atoms with Gasteiger partial charge in [-0.1, -0.05) is 26.0 Å². The standard InChI is InChI=1S/C14H14FN3O2/c1-8(2)13-17-11(14(19)20)7-12(18-13)16-10-6-4-3-5-9(10)15/h3-8H,1-2H3,(H,19,20)(H,16,17,18). The van der Waals surface area contributed by atoms with Gasteiger partial charge in [0.25, 0.3) is 0 Å². The molecule has 1 heterocycles. The highest BCUT2D eigenvalue weighted by atomic mass is 19.1. The van der Waals surface area contributed by atoms with Gasteiger partial charge in [0, 0.05) is 12.0 Å². The molecule has 5 nitrogen and oxygen atoms in total. The van der Waals surface area contributed by atoms with Gasteiger partial charge in [-0.15, -0.1) is 0 Å². The quantitative estimate of drug-likeness (QED) is 0.896. The van der Waals surface area contributed by atoms with E-state index in [1.807, 2.05) is 13.8 Å². The third-order valence-corrected chi connectivity index (χ3v) is 2.62. The summed E-state index contributed by atoms with van der Waals surface area (Å²) in [7, 11) is 0. The number of para-hydroxylation sites is 1. The maximum atomic E-state index is 13.6. The lowest BCUT2D eigenvalue weighted by Crippen LogP contribution is -2.09. The van der Waals surface area contributed by atoms with E-state index in [9.17, 15) is 9.18 Å². The van der Waals surface area contributed by atoms with Crippen LogP contribution in [0.3, 0.4) is 0 Å². The first-order chi connectivity index (χ1) is 9.47. The smallest absolute Gasteiger partial charge is 0.354 e. The molecule has 2 rings (SSSR count). The second-order valence-electron chi connectivity index (χ2n) is 4.56. The van der Waals surface area contributed by atoms with Crippen LogP contribution < -0.4 is 5.32 Å². The molecule has 2 N–H and O–H groups in total. The molecule has 0 atom stereocenters. The first-order valence-electron chi connectivity index (χ1n) is 6.11. The van der Waals surface area contributed by atoms with Gasteiger partial charge in [0.1, 0.15) is 17.5 Å². The van der Waals surface area contributed by atoms with E-state index in [1.165, 1.54) is 12.1 Å². The Hall–Kier alpha value is -2.50. The lowest BCUT2D eigenvalue weighted by atomic mass is 10.2. The Morgan fingerprint density at radius 1 is 1.30 bits per heavy atom. The van der Waals surface area contributed by atoms with E-state index in [2.05, 4.69) is 15.3 Å². The zero-order chi connectivity index (χ0) is 14.7. The Bertz CT molecular complexity index is 644. The number of benzene rings is 1. The number of aromatic carboxylic acids is 1. The van der Waals surface area contributed by atoms with Crippen molar-refractivity contribution in [2.24, 2.45) is 0 Å². The van der Waals surface area contributed by atoms with Crippen molar-refractivity contribution >= 4 is 17.5 Å². The second kappa shape index (κ2) is 5.64. The van der Waals surface area contributed by atoms with E-state index in [1.54, 1.807) is 18.2 Å². The third-order valence-electron chi connectivity index (χ3n) is 2.62. The fraction of sp³-hybridized carbons (Fsp3) is 0.214. The minimum Gasteiger partial charge on any atom is -0.477 e. The molecule has 0 aliphatic rings. The second-order valence-corrected chi connectivity index (χ2v) is 4.56. The van der Waals surface area contributed by atoms with Gasteiger partial charge in [0.15, 0.2) is 5.69 Å². The van der Waals surface area contributed by atoms with E-state index in [0.717, 1.165) is 0 Å². The highest BCUT2D eigenvalue weighted by Gasteiger charge is 2.13. The van der Waals surface area contributed by atoms with Crippen LogP contribution in [-0.2, 0) is 0 Å². The van der Waals surface area contributed by atoms with Crippen molar-refractivity contribution in [3.05, 3.63) is 47.7 Å². The monoisotopic (exact) mass is 275 g/mol. The number of carboxylic acid groups (broad SMARTS) is 1. The van der Waals surface area contributed by atoms with Gasteiger partial charge in [-0.2, -0.15) is 0 Å². The van der Waals surface area contributed by atoms with Crippen LogP contribution in [0.1, 0.15) is 36.1 Å². The average molecular weight is 275 g/mol. The first-order valence-corrected chi connectivity index (χ1v) is 6.11. The maximum Gasteiger partial charge on any atom is 0.354 e. The molecule has 0 unspecified atom stereocenters. The highest BCUT2D eigenvalue weighted by Crippen LogP contribution is 2.20. The summed E-state index contributed by atoms with van der Waals surface area (Å²) in [6.07, 6.45) is 0. The van der Waals surface area contributed by atoms with Crippen LogP contribution in [0.25, 0.3) is 0 Å². The Morgan fingerprint density at radius 3 is 2.60 bits per heavy atom. The highest BCUT2D eigenvalue weighted by molar-refractivity contribution is 5.86. The number of rotatable bonds is 4. The van der Waals surface area contributed by atoms with E-state index in [4.69, 9.17) is 5.11 Å². The summed E-state index contributed by atoms with van der Waals surface area (Å²) in [6.45, 7) is 3.71. The maximum absolute atomic E-state index is 13.6. The lowest BCUT2D eigenvalue weighted by molar-refractivity contribution is 0.0690. The molecule has 0 saturated carbocycles. The number of aromatic nitrogens is 2. The van der Waals surface area contributed by atoms with Crippen molar-refractivity contribution in [2.45, 2.75) is 19.8 Å². The molecule has 20 heavy (non-hydrogen) atoms. The summed E-state index contributed by atoms with van der Waals surface area (Å²) >= 11 is 0.